The van der Waals surface area contributed by atoms with Crippen LogP contribution in [0.2, 0.25) is 0 Å². The summed E-state index contributed by atoms with van der Waals surface area (Å²) in [6.45, 7) is 8.71. The minimum absolute atomic E-state index is 0.228. The molecule has 1 unspecified atom stereocenters. The Labute approximate surface area is 68.9 Å². The van der Waals surface area contributed by atoms with Gasteiger partial charge in [0, 0.05) is 26.2 Å². The van der Waals surface area contributed by atoms with Crippen molar-refractivity contribution in [3.63, 3.8) is 0 Å². The average Bonchev–Trinajstić information content (AvgIpc) is 1.93. The zero-order chi connectivity index (χ0) is 8.27. The van der Waals surface area contributed by atoms with Gasteiger partial charge in [-0.3, -0.25) is 4.90 Å². The Morgan fingerprint density at radius 3 is 2.91 bits per heavy atom. The number of rotatable bonds is 2. The first-order valence-corrected chi connectivity index (χ1v) is 4.40. The Hall–Kier alpha value is -0.120. The molecule has 1 fully saturated rings. The lowest BCUT2D eigenvalue weighted by Gasteiger charge is -2.34. The summed E-state index contributed by atoms with van der Waals surface area (Å²) >= 11 is 0. The molecule has 1 rings (SSSR count). The lowest BCUT2D eigenvalue weighted by molar-refractivity contribution is 0.148. The van der Waals surface area contributed by atoms with Crippen molar-refractivity contribution in [1.29, 1.82) is 0 Å². The first-order chi connectivity index (χ1) is 5.20. The molecule has 1 aliphatic rings. The fourth-order valence-electron chi connectivity index (χ4n) is 1.46. The van der Waals surface area contributed by atoms with Crippen LogP contribution >= 0.6 is 0 Å². The molecule has 0 aromatic heterocycles. The summed E-state index contributed by atoms with van der Waals surface area (Å²) in [5, 5.41) is 3.27. The molecule has 3 N–H and O–H groups in total. The lowest BCUT2D eigenvalue weighted by atomic mass is 10.2. The summed E-state index contributed by atoms with van der Waals surface area (Å²) < 4.78 is 0. The minimum Gasteiger partial charge on any atom is -0.315 e. The zero-order valence-electron chi connectivity index (χ0n) is 7.51. The monoisotopic (exact) mass is 157 g/mol. The van der Waals surface area contributed by atoms with Gasteiger partial charge in [0.15, 0.2) is 0 Å². The quantitative estimate of drug-likeness (QED) is 0.585. The number of piperazine rings is 1. The van der Waals surface area contributed by atoms with Crippen molar-refractivity contribution in [1.82, 2.24) is 10.2 Å². The molecule has 3 nitrogen and oxygen atoms in total. The molecule has 11 heavy (non-hydrogen) atoms. The highest BCUT2D eigenvalue weighted by Gasteiger charge is 2.18. The topological polar surface area (TPSA) is 41.3 Å². The van der Waals surface area contributed by atoms with Crippen LogP contribution in [0.4, 0.5) is 0 Å². The summed E-state index contributed by atoms with van der Waals surface area (Å²) in [4.78, 5) is 2.35. The molecule has 0 radical (unpaired) electrons. The molecule has 66 valence electrons. The van der Waals surface area contributed by atoms with E-state index in [-0.39, 0.29) is 6.17 Å². The molecule has 0 aromatic rings. The Morgan fingerprint density at radius 2 is 2.36 bits per heavy atom. The van der Waals surface area contributed by atoms with E-state index < -0.39 is 0 Å². The highest BCUT2D eigenvalue weighted by molar-refractivity contribution is 4.75. The van der Waals surface area contributed by atoms with Gasteiger partial charge in [-0.15, -0.1) is 0 Å². The second-order valence-electron chi connectivity index (χ2n) is 3.66. The van der Waals surface area contributed by atoms with E-state index in [1.165, 1.54) is 0 Å². The minimum atomic E-state index is 0.228. The average molecular weight is 157 g/mol. The maximum absolute atomic E-state index is 5.89. The first-order valence-electron chi connectivity index (χ1n) is 4.40. The highest BCUT2D eigenvalue weighted by Crippen LogP contribution is 2.02. The second-order valence-corrected chi connectivity index (χ2v) is 3.66. The van der Waals surface area contributed by atoms with Crippen molar-refractivity contribution in [3.8, 4) is 0 Å². The molecule has 0 saturated carbocycles. The van der Waals surface area contributed by atoms with Crippen LogP contribution in [0.1, 0.15) is 13.8 Å². The number of nitrogens with zero attached hydrogens (tertiary/aromatic N) is 1. The normalized spacial score (nSPS) is 27.8. The van der Waals surface area contributed by atoms with Gasteiger partial charge in [-0.1, -0.05) is 13.8 Å². The van der Waals surface area contributed by atoms with E-state index in [1.54, 1.807) is 0 Å². The van der Waals surface area contributed by atoms with Crippen molar-refractivity contribution in [2.24, 2.45) is 11.7 Å². The van der Waals surface area contributed by atoms with Gasteiger partial charge >= 0.3 is 0 Å². The van der Waals surface area contributed by atoms with Gasteiger partial charge in [-0.05, 0) is 5.92 Å². The Bertz CT molecular complexity index is 114. The summed E-state index contributed by atoms with van der Waals surface area (Å²) in [7, 11) is 0. The van der Waals surface area contributed by atoms with Crippen LogP contribution in [-0.4, -0.2) is 37.2 Å². The number of nitrogens with one attached hydrogen (secondary N) is 1. The lowest BCUT2D eigenvalue weighted by Crippen LogP contribution is -2.56. The van der Waals surface area contributed by atoms with Crippen molar-refractivity contribution >= 4 is 0 Å². The molecule has 1 aliphatic heterocycles. The zero-order valence-corrected chi connectivity index (χ0v) is 7.51. The molecule has 0 aliphatic carbocycles. The van der Waals surface area contributed by atoms with E-state index >= 15 is 0 Å². The van der Waals surface area contributed by atoms with E-state index in [2.05, 4.69) is 24.1 Å². The number of hydrogen-bond acceptors (Lipinski definition) is 3. The van der Waals surface area contributed by atoms with Crippen molar-refractivity contribution in [2.75, 3.05) is 26.2 Å². The largest absolute Gasteiger partial charge is 0.315 e. The SMILES string of the molecule is CC(C)CN1CCNCC1N. The van der Waals surface area contributed by atoms with Gasteiger partial charge in [-0.25, -0.2) is 0 Å². The maximum atomic E-state index is 5.89. The second kappa shape index (κ2) is 4.04. The molecule has 0 bridgehead atoms. The van der Waals surface area contributed by atoms with E-state index in [1.807, 2.05) is 0 Å². The predicted octanol–water partition coefficient (Wildman–Crippen LogP) is -0.168. The standard InChI is InChI=1S/C8H19N3/c1-7(2)6-11-4-3-10-5-8(11)9/h7-8,10H,3-6,9H2,1-2H3. The Balaban J connectivity index is 2.29. The summed E-state index contributed by atoms with van der Waals surface area (Å²) in [5.41, 5.74) is 5.89. The van der Waals surface area contributed by atoms with Gasteiger partial charge in [0.05, 0.1) is 6.17 Å². The Morgan fingerprint density at radius 1 is 1.64 bits per heavy atom. The number of nitrogens with two attached hydrogens (primary N) is 1. The molecule has 0 amide bonds. The van der Waals surface area contributed by atoms with Crippen molar-refractivity contribution < 1.29 is 0 Å². The van der Waals surface area contributed by atoms with Crippen molar-refractivity contribution in [3.05, 3.63) is 0 Å². The molecule has 1 saturated heterocycles. The van der Waals surface area contributed by atoms with Crippen LogP contribution in [-0.2, 0) is 0 Å². The smallest absolute Gasteiger partial charge is 0.0700 e. The molecule has 0 spiro atoms. The molecular formula is C8H19N3. The van der Waals surface area contributed by atoms with E-state index in [0.29, 0.717) is 0 Å². The van der Waals surface area contributed by atoms with Crippen LogP contribution in [0.5, 0.6) is 0 Å². The van der Waals surface area contributed by atoms with Gasteiger partial charge in [0.1, 0.15) is 0 Å². The summed E-state index contributed by atoms with van der Waals surface area (Å²) in [5.74, 6) is 0.721. The highest BCUT2D eigenvalue weighted by atomic mass is 15.3. The van der Waals surface area contributed by atoms with Gasteiger partial charge in [-0.2, -0.15) is 0 Å². The number of hydrogen-bond donors (Lipinski definition) is 2. The third-order valence-electron chi connectivity index (χ3n) is 2.00. The van der Waals surface area contributed by atoms with Crippen LogP contribution in [0.25, 0.3) is 0 Å². The Kier molecular flexibility index (Phi) is 3.30. The van der Waals surface area contributed by atoms with Gasteiger partial charge in [0.25, 0.3) is 0 Å². The van der Waals surface area contributed by atoms with Gasteiger partial charge in [0.2, 0.25) is 0 Å². The van der Waals surface area contributed by atoms with E-state index in [0.717, 1.165) is 32.1 Å². The third-order valence-corrected chi connectivity index (χ3v) is 2.00. The molecule has 1 heterocycles. The molecule has 3 heteroatoms. The molecular weight excluding hydrogens is 138 g/mol. The van der Waals surface area contributed by atoms with Crippen molar-refractivity contribution in [2.45, 2.75) is 20.0 Å². The predicted molar refractivity (Wildman–Crippen MR) is 47.3 cm³/mol. The van der Waals surface area contributed by atoms with Crippen LogP contribution in [0.3, 0.4) is 0 Å². The maximum Gasteiger partial charge on any atom is 0.0700 e. The third kappa shape index (κ3) is 2.77. The van der Waals surface area contributed by atoms with Crippen LogP contribution < -0.4 is 11.1 Å². The van der Waals surface area contributed by atoms with E-state index in [9.17, 15) is 0 Å². The first kappa shape index (κ1) is 8.97. The summed E-state index contributed by atoms with van der Waals surface area (Å²) in [6.07, 6.45) is 0.228. The van der Waals surface area contributed by atoms with Crippen LogP contribution in [0.15, 0.2) is 0 Å². The fraction of sp³-hybridized carbons (Fsp3) is 1.00. The summed E-state index contributed by atoms with van der Waals surface area (Å²) in [6, 6.07) is 0. The van der Waals surface area contributed by atoms with Crippen LogP contribution in [0, 0.1) is 5.92 Å². The molecule has 0 aromatic carbocycles. The van der Waals surface area contributed by atoms with E-state index in [4.69, 9.17) is 5.73 Å². The van der Waals surface area contributed by atoms with Gasteiger partial charge < -0.3 is 11.1 Å². The molecule has 1 atom stereocenters. The fourth-order valence-corrected chi connectivity index (χ4v) is 1.46.